The molecule has 0 aliphatic heterocycles. The van der Waals surface area contributed by atoms with Gasteiger partial charge in [-0.1, -0.05) is 40.2 Å². The van der Waals surface area contributed by atoms with Gasteiger partial charge in [-0.15, -0.1) is 0 Å². The van der Waals surface area contributed by atoms with Crippen LogP contribution >= 0.6 is 15.9 Å². The molecule has 0 aromatic heterocycles. The molecule has 0 radical (unpaired) electrons. The van der Waals surface area contributed by atoms with Crippen molar-refractivity contribution in [1.82, 2.24) is 5.32 Å². The van der Waals surface area contributed by atoms with Crippen LogP contribution in [-0.4, -0.2) is 19.6 Å². The highest BCUT2D eigenvalue weighted by Gasteiger charge is 2.12. The van der Waals surface area contributed by atoms with E-state index in [0.29, 0.717) is 11.5 Å². The van der Waals surface area contributed by atoms with E-state index in [9.17, 15) is 4.79 Å². The fourth-order valence-corrected chi connectivity index (χ4v) is 2.66. The Balaban J connectivity index is 1.89. The number of benzene rings is 2. The molecule has 0 aliphatic carbocycles. The largest absolute Gasteiger partial charge is 0.497 e. The van der Waals surface area contributed by atoms with Gasteiger partial charge in [-0.3, -0.25) is 4.79 Å². The molecular weight excluding hydrogens is 346 g/mol. The molecule has 2 rings (SSSR count). The SMILES string of the molecule is COc1cccc(OCC(=O)NC(C)c2ccccc2Br)c1. The van der Waals surface area contributed by atoms with Crippen LogP contribution in [-0.2, 0) is 4.79 Å². The van der Waals surface area contributed by atoms with E-state index in [0.717, 1.165) is 10.0 Å². The molecular formula is C17H18BrNO3. The van der Waals surface area contributed by atoms with E-state index in [1.54, 1.807) is 19.2 Å². The smallest absolute Gasteiger partial charge is 0.258 e. The maximum atomic E-state index is 12.0. The Hall–Kier alpha value is -2.01. The Kier molecular flexibility index (Phi) is 5.83. The van der Waals surface area contributed by atoms with Crippen molar-refractivity contribution in [3.05, 3.63) is 58.6 Å². The maximum absolute atomic E-state index is 12.0. The second-order valence-corrected chi connectivity index (χ2v) is 5.63. The molecule has 1 unspecified atom stereocenters. The third-order valence-corrected chi connectivity index (χ3v) is 3.88. The summed E-state index contributed by atoms with van der Waals surface area (Å²) >= 11 is 3.48. The Labute approximate surface area is 138 Å². The second-order valence-electron chi connectivity index (χ2n) is 4.78. The van der Waals surface area contributed by atoms with Crippen molar-refractivity contribution in [2.75, 3.05) is 13.7 Å². The van der Waals surface area contributed by atoms with E-state index < -0.39 is 0 Å². The van der Waals surface area contributed by atoms with Crippen LogP contribution in [0.2, 0.25) is 0 Å². The van der Waals surface area contributed by atoms with E-state index in [-0.39, 0.29) is 18.6 Å². The average molecular weight is 364 g/mol. The van der Waals surface area contributed by atoms with Crippen molar-refractivity contribution in [2.24, 2.45) is 0 Å². The number of methoxy groups -OCH3 is 1. The minimum atomic E-state index is -0.175. The van der Waals surface area contributed by atoms with E-state index in [2.05, 4.69) is 21.2 Å². The summed E-state index contributed by atoms with van der Waals surface area (Å²) in [5.74, 6) is 1.12. The first-order valence-corrected chi connectivity index (χ1v) is 7.70. The number of carbonyl (C=O) groups is 1. The van der Waals surface area contributed by atoms with Crippen LogP contribution in [0.15, 0.2) is 53.0 Å². The summed E-state index contributed by atoms with van der Waals surface area (Å²) in [4.78, 5) is 12.0. The summed E-state index contributed by atoms with van der Waals surface area (Å²) in [7, 11) is 1.59. The second kappa shape index (κ2) is 7.84. The quantitative estimate of drug-likeness (QED) is 0.850. The summed E-state index contributed by atoms with van der Waals surface area (Å²) in [5, 5.41) is 2.91. The van der Waals surface area contributed by atoms with Crippen molar-refractivity contribution < 1.29 is 14.3 Å². The van der Waals surface area contributed by atoms with E-state index in [1.807, 2.05) is 43.3 Å². The highest BCUT2D eigenvalue weighted by Crippen LogP contribution is 2.23. The molecule has 0 aliphatic rings. The Morgan fingerprint density at radius 2 is 1.91 bits per heavy atom. The highest BCUT2D eigenvalue weighted by molar-refractivity contribution is 9.10. The number of rotatable bonds is 6. The van der Waals surface area contributed by atoms with Crippen molar-refractivity contribution in [3.8, 4) is 11.5 Å². The van der Waals surface area contributed by atoms with Gasteiger partial charge >= 0.3 is 0 Å². The Morgan fingerprint density at radius 1 is 1.18 bits per heavy atom. The molecule has 5 heteroatoms. The molecule has 2 aromatic carbocycles. The van der Waals surface area contributed by atoms with Crippen LogP contribution in [0, 0.1) is 0 Å². The molecule has 116 valence electrons. The maximum Gasteiger partial charge on any atom is 0.258 e. The third-order valence-electron chi connectivity index (χ3n) is 3.16. The van der Waals surface area contributed by atoms with Crippen molar-refractivity contribution >= 4 is 21.8 Å². The van der Waals surface area contributed by atoms with Crippen LogP contribution in [0.1, 0.15) is 18.5 Å². The minimum Gasteiger partial charge on any atom is -0.497 e. The Bertz CT molecular complexity index is 645. The molecule has 0 spiro atoms. The van der Waals surface area contributed by atoms with Gasteiger partial charge in [0.05, 0.1) is 13.2 Å². The van der Waals surface area contributed by atoms with E-state index >= 15 is 0 Å². The molecule has 0 fully saturated rings. The summed E-state index contributed by atoms with van der Waals surface area (Å²) in [6.45, 7) is 1.89. The molecule has 0 saturated heterocycles. The summed E-state index contributed by atoms with van der Waals surface area (Å²) in [5.41, 5.74) is 1.03. The molecule has 22 heavy (non-hydrogen) atoms. The molecule has 1 amide bonds. The standard InChI is InChI=1S/C17H18BrNO3/c1-12(15-8-3-4-9-16(15)18)19-17(20)11-22-14-7-5-6-13(10-14)21-2/h3-10,12H,11H2,1-2H3,(H,19,20). The zero-order valence-electron chi connectivity index (χ0n) is 12.5. The van der Waals surface area contributed by atoms with Gasteiger partial charge in [0.25, 0.3) is 5.91 Å². The van der Waals surface area contributed by atoms with Crippen LogP contribution in [0.25, 0.3) is 0 Å². The van der Waals surface area contributed by atoms with Gasteiger partial charge in [0, 0.05) is 10.5 Å². The molecule has 1 atom stereocenters. The van der Waals surface area contributed by atoms with Crippen molar-refractivity contribution in [3.63, 3.8) is 0 Å². The summed E-state index contributed by atoms with van der Waals surface area (Å²) < 4.78 is 11.6. The van der Waals surface area contributed by atoms with Gasteiger partial charge < -0.3 is 14.8 Å². The van der Waals surface area contributed by atoms with Crippen LogP contribution in [0.4, 0.5) is 0 Å². The molecule has 4 nitrogen and oxygen atoms in total. The third kappa shape index (κ3) is 4.49. The molecule has 0 bridgehead atoms. The molecule has 0 saturated carbocycles. The summed E-state index contributed by atoms with van der Waals surface area (Å²) in [6.07, 6.45) is 0. The minimum absolute atomic E-state index is 0.0397. The predicted octanol–water partition coefficient (Wildman–Crippen LogP) is 3.71. The number of nitrogens with one attached hydrogen (secondary N) is 1. The van der Waals surface area contributed by atoms with Crippen LogP contribution < -0.4 is 14.8 Å². The monoisotopic (exact) mass is 363 g/mol. The van der Waals surface area contributed by atoms with Gasteiger partial charge in [-0.05, 0) is 30.7 Å². The van der Waals surface area contributed by atoms with Crippen molar-refractivity contribution in [1.29, 1.82) is 0 Å². The van der Waals surface area contributed by atoms with Crippen molar-refractivity contribution in [2.45, 2.75) is 13.0 Å². The highest BCUT2D eigenvalue weighted by atomic mass is 79.9. The zero-order chi connectivity index (χ0) is 15.9. The number of amides is 1. The Morgan fingerprint density at radius 3 is 2.64 bits per heavy atom. The van der Waals surface area contributed by atoms with Crippen LogP contribution in [0.5, 0.6) is 11.5 Å². The number of halogens is 1. The van der Waals surface area contributed by atoms with Crippen LogP contribution in [0.3, 0.4) is 0 Å². The van der Waals surface area contributed by atoms with Gasteiger partial charge in [0.2, 0.25) is 0 Å². The van der Waals surface area contributed by atoms with Gasteiger partial charge in [-0.25, -0.2) is 0 Å². The van der Waals surface area contributed by atoms with E-state index in [4.69, 9.17) is 9.47 Å². The number of carbonyl (C=O) groups excluding carboxylic acids is 1. The van der Waals surface area contributed by atoms with Gasteiger partial charge in [0.1, 0.15) is 11.5 Å². The first-order chi connectivity index (χ1) is 10.6. The lowest BCUT2D eigenvalue weighted by Crippen LogP contribution is -2.31. The average Bonchev–Trinajstić information content (AvgIpc) is 2.53. The molecule has 0 heterocycles. The first-order valence-electron chi connectivity index (χ1n) is 6.91. The number of ether oxygens (including phenoxy) is 2. The normalized spacial score (nSPS) is 11.6. The van der Waals surface area contributed by atoms with E-state index in [1.165, 1.54) is 0 Å². The topological polar surface area (TPSA) is 47.6 Å². The summed E-state index contributed by atoms with van der Waals surface area (Å²) in [6, 6.07) is 14.9. The van der Waals surface area contributed by atoms with Gasteiger partial charge in [-0.2, -0.15) is 0 Å². The lowest BCUT2D eigenvalue weighted by Gasteiger charge is -2.16. The predicted molar refractivity (Wildman–Crippen MR) is 89.2 cm³/mol. The molecule has 1 N–H and O–H groups in total. The van der Waals surface area contributed by atoms with Gasteiger partial charge in [0.15, 0.2) is 6.61 Å². The number of hydrogen-bond donors (Lipinski definition) is 1. The lowest BCUT2D eigenvalue weighted by molar-refractivity contribution is -0.123. The first kappa shape index (κ1) is 16.4. The fourth-order valence-electron chi connectivity index (χ4n) is 2.03. The lowest BCUT2D eigenvalue weighted by atomic mass is 10.1. The fraction of sp³-hybridized carbons (Fsp3) is 0.235. The number of hydrogen-bond acceptors (Lipinski definition) is 3. The zero-order valence-corrected chi connectivity index (χ0v) is 14.1. The molecule has 2 aromatic rings.